The average molecular weight is 274 g/mol. The molecule has 1 unspecified atom stereocenters. The third-order valence-electron chi connectivity index (χ3n) is 2.84. The smallest absolute Gasteiger partial charge is 0.317 e. The molecule has 0 spiro atoms. The molecule has 0 heterocycles. The zero-order valence-electron chi connectivity index (χ0n) is 12.5. The number of aliphatic carboxylic acids is 1. The molecular weight excluding hydrogens is 248 g/mol. The fourth-order valence-corrected chi connectivity index (χ4v) is 1.45. The van der Waals surface area contributed by atoms with Crippen molar-refractivity contribution in [1.82, 2.24) is 10.2 Å². The summed E-state index contributed by atoms with van der Waals surface area (Å²) in [6.07, 6.45) is -0.0888. The van der Waals surface area contributed by atoms with Crippen molar-refractivity contribution in [1.29, 1.82) is 0 Å². The van der Waals surface area contributed by atoms with E-state index in [4.69, 9.17) is 9.84 Å². The van der Waals surface area contributed by atoms with Crippen LogP contribution in [-0.4, -0.2) is 54.9 Å². The van der Waals surface area contributed by atoms with Gasteiger partial charge in [0.15, 0.2) is 0 Å². The molecule has 0 radical (unpaired) electrons. The molecule has 0 aromatic rings. The molecule has 0 saturated heterocycles. The summed E-state index contributed by atoms with van der Waals surface area (Å²) in [5.41, 5.74) is -0.311. The highest BCUT2D eigenvalue weighted by atomic mass is 16.5. The Bertz CT molecular complexity index is 300. The second-order valence-corrected chi connectivity index (χ2v) is 5.58. The zero-order chi connectivity index (χ0) is 15.1. The Kier molecular flexibility index (Phi) is 7.44. The van der Waals surface area contributed by atoms with Gasteiger partial charge in [-0.1, -0.05) is 20.8 Å². The van der Waals surface area contributed by atoms with Gasteiger partial charge < -0.3 is 20.1 Å². The summed E-state index contributed by atoms with van der Waals surface area (Å²) in [6.45, 7) is 9.16. The van der Waals surface area contributed by atoms with E-state index in [1.165, 1.54) is 4.90 Å². The number of carbonyl (C=O) groups is 2. The summed E-state index contributed by atoms with van der Waals surface area (Å²) < 4.78 is 5.18. The van der Waals surface area contributed by atoms with Crippen LogP contribution in [0.4, 0.5) is 4.79 Å². The third-order valence-corrected chi connectivity index (χ3v) is 2.84. The molecule has 0 saturated carbocycles. The number of carbonyl (C=O) groups excluding carboxylic acids is 1. The number of urea groups is 1. The fourth-order valence-electron chi connectivity index (χ4n) is 1.45. The first-order chi connectivity index (χ1) is 8.68. The molecule has 0 aromatic carbocycles. The number of hydrogen-bond donors (Lipinski definition) is 2. The number of rotatable bonds is 7. The van der Waals surface area contributed by atoms with Crippen molar-refractivity contribution in [3.63, 3.8) is 0 Å². The molecule has 112 valence electrons. The van der Waals surface area contributed by atoms with Crippen LogP contribution in [0.5, 0.6) is 0 Å². The lowest BCUT2D eigenvalue weighted by molar-refractivity contribution is -0.138. The predicted octanol–water partition coefficient (Wildman–Crippen LogP) is 1.55. The molecule has 0 aromatic heterocycles. The second kappa shape index (κ2) is 7.99. The lowest BCUT2D eigenvalue weighted by Crippen LogP contribution is -2.50. The van der Waals surface area contributed by atoms with E-state index in [0.717, 1.165) is 0 Å². The van der Waals surface area contributed by atoms with Gasteiger partial charge in [-0.25, -0.2) is 4.79 Å². The topological polar surface area (TPSA) is 78.9 Å². The van der Waals surface area contributed by atoms with Crippen LogP contribution in [0.1, 0.15) is 34.1 Å². The molecule has 1 atom stereocenters. The summed E-state index contributed by atoms with van der Waals surface area (Å²) in [4.78, 5) is 24.3. The molecule has 0 aliphatic heterocycles. The van der Waals surface area contributed by atoms with E-state index in [-0.39, 0.29) is 17.9 Å². The Morgan fingerprint density at radius 1 is 1.37 bits per heavy atom. The lowest BCUT2D eigenvalue weighted by Gasteiger charge is -2.32. The maximum Gasteiger partial charge on any atom is 0.317 e. The van der Waals surface area contributed by atoms with Gasteiger partial charge in [-0.05, 0) is 12.3 Å². The summed E-state index contributed by atoms with van der Waals surface area (Å²) in [7, 11) is 1.66. The van der Waals surface area contributed by atoms with Crippen molar-refractivity contribution in [2.24, 2.45) is 5.41 Å². The molecule has 0 aliphatic rings. The van der Waals surface area contributed by atoms with Crippen LogP contribution in [-0.2, 0) is 9.53 Å². The second-order valence-electron chi connectivity index (χ2n) is 5.58. The number of carboxylic acids is 1. The largest absolute Gasteiger partial charge is 0.481 e. The number of nitrogens with zero attached hydrogens (tertiary/aromatic N) is 1. The van der Waals surface area contributed by atoms with Crippen molar-refractivity contribution in [3.8, 4) is 0 Å². The van der Waals surface area contributed by atoms with E-state index in [1.807, 2.05) is 27.7 Å². The van der Waals surface area contributed by atoms with Gasteiger partial charge in [-0.15, -0.1) is 0 Å². The summed E-state index contributed by atoms with van der Waals surface area (Å²) >= 11 is 0. The van der Waals surface area contributed by atoms with E-state index in [1.54, 1.807) is 7.05 Å². The standard InChI is InChI=1S/C13H26N2O4/c1-6-19-8-7-15(5)12(18)14-10(9-11(16)17)13(2,3)4/h10H,6-9H2,1-5H3,(H,14,18)(H,16,17). The van der Waals surface area contributed by atoms with Crippen LogP contribution in [0.2, 0.25) is 0 Å². The Balaban J connectivity index is 4.41. The highest BCUT2D eigenvalue weighted by Gasteiger charge is 2.29. The van der Waals surface area contributed by atoms with Crippen molar-refractivity contribution < 1.29 is 19.4 Å². The average Bonchev–Trinajstić information content (AvgIpc) is 2.26. The summed E-state index contributed by atoms with van der Waals surface area (Å²) in [5.74, 6) is -0.919. The third kappa shape index (κ3) is 7.66. The van der Waals surface area contributed by atoms with Crippen LogP contribution in [0.15, 0.2) is 0 Å². The van der Waals surface area contributed by atoms with E-state index in [0.29, 0.717) is 19.8 Å². The van der Waals surface area contributed by atoms with Crippen molar-refractivity contribution >= 4 is 12.0 Å². The minimum Gasteiger partial charge on any atom is -0.481 e. The Morgan fingerprint density at radius 2 is 1.95 bits per heavy atom. The molecule has 2 amide bonds. The van der Waals surface area contributed by atoms with Gasteiger partial charge in [0.2, 0.25) is 0 Å². The van der Waals surface area contributed by atoms with E-state index < -0.39 is 12.0 Å². The van der Waals surface area contributed by atoms with Crippen molar-refractivity contribution in [2.75, 3.05) is 26.8 Å². The van der Waals surface area contributed by atoms with Crippen LogP contribution in [0.25, 0.3) is 0 Å². The number of likely N-dealkylation sites (N-methyl/N-ethyl adjacent to an activating group) is 1. The fraction of sp³-hybridized carbons (Fsp3) is 0.846. The van der Waals surface area contributed by atoms with Crippen molar-refractivity contribution in [3.05, 3.63) is 0 Å². The van der Waals surface area contributed by atoms with Gasteiger partial charge >= 0.3 is 12.0 Å². The maximum absolute atomic E-state index is 11.9. The van der Waals surface area contributed by atoms with Gasteiger partial charge in [0.1, 0.15) is 0 Å². The number of nitrogens with one attached hydrogen (secondary N) is 1. The first-order valence-electron chi connectivity index (χ1n) is 6.49. The molecule has 0 rings (SSSR count). The molecule has 2 N–H and O–H groups in total. The Hall–Kier alpha value is -1.30. The van der Waals surface area contributed by atoms with Gasteiger partial charge in [-0.3, -0.25) is 4.79 Å². The molecule has 6 nitrogen and oxygen atoms in total. The first kappa shape index (κ1) is 17.7. The van der Waals surface area contributed by atoms with E-state index >= 15 is 0 Å². The highest BCUT2D eigenvalue weighted by Crippen LogP contribution is 2.22. The van der Waals surface area contributed by atoms with Crippen molar-refractivity contribution in [2.45, 2.75) is 40.2 Å². The molecule has 0 fully saturated rings. The minimum atomic E-state index is -0.919. The quantitative estimate of drug-likeness (QED) is 0.690. The number of ether oxygens (including phenoxy) is 1. The van der Waals surface area contributed by atoms with Crippen LogP contribution >= 0.6 is 0 Å². The van der Waals surface area contributed by atoms with Crippen LogP contribution < -0.4 is 5.32 Å². The number of hydrogen-bond acceptors (Lipinski definition) is 3. The molecule has 6 heteroatoms. The molecule has 0 aliphatic carbocycles. The number of amides is 2. The van der Waals surface area contributed by atoms with Crippen LogP contribution in [0.3, 0.4) is 0 Å². The Morgan fingerprint density at radius 3 is 2.37 bits per heavy atom. The normalized spacial score (nSPS) is 12.9. The highest BCUT2D eigenvalue weighted by molar-refractivity contribution is 5.75. The van der Waals surface area contributed by atoms with Gasteiger partial charge in [0, 0.05) is 26.2 Å². The van der Waals surface area contributed by atoms with Gasteiger partial charge in [0.05, 0.1) is 13.0 Å². The summed E-state index contributed by atoms with van der Waals surface area (Å²) in [6, 6.07) is -0.687. The SMILES string of the molecule is CCOCCN(C)C(=O)NC(CC(=O)O)C(C)(C)C. The summed E-state index contributed by atoms with van der Waals surface area (Å²) in [5, 5.41) is 11.7. The monoisotopic (exact) mass is 274 g/mol. The zero-order valence-corrected chi connectivity index (χ0v) is 12.5. The van der Waals surface area contributed by atoms with E-state index in [2.05, 4.69) is 5.32 Å². The number of carboxylic acid groups (broad SMARTS) is 1. The maximum atomic E-state index is 11.9. The van der Waals surface area contributed by atoms with Gasteiger partial charge in [0.25, 0.3) is 0 Å². The predicted molar refractivity (Wildman–Crippen MR) is 73.2 cm³/mol. The molecule has 0 bridgehead atoms. The molecular formula is C13H26N2O4. The van der Waals surface area contributed by atoms with E-state index in [9.17, 15) is 9.59 Å². The Labute approximate surface area is 115 Å². The minimum absolute atomic E-state index is 0.0888. The van der Waals surface area contributed by atoms with Gasteiger partial charge in [-0.2, -0.15) is 0 Å². The first-order valence-corrected chi connectivity index (χ1v) is 6.49. The molecule has 19 heavy (non-hydrogen) atoms. The lowest BCUT2D eigenvalue weighted by atomic mass is 9.85. The van der Waals surface area contributed by atoms with Crippen LogP contribution in [0, 0.1) is 5.41 Å².